The molecule has 1 rings (SSSR count). The average Bonchev–Trinajstić information content (AvgIpc) is 2.03. The molecule has 0 bridgehead atoms. The molecular weight excluding hydrogens is 148 g/mol. The van der Waals surface area contributed by atoms with Gasteiger partial charge in [-0.05, 0) is 19.4 Å². The van der Waals surface area contributed by atoms with Gasteiger partial charge < -0.3 is 0 Å². The number of Topliss-reactive ketones (excluding diaryl/α,β-unsaturated/α-hetero) is 1. The molecule has 0 aliphatic rings. The number of hydrogen-bond donors (Lipinski definition) is 0. The summed E-state index contributed by atoms with van der Waals surface area (Å²) in [6.45, 7) is 7.25. The minimum Gasteiger partial charge on any atom is -0.295 e. The first kappa shape index (κ1) is 8.72. The monoisotopic (exact) mass is 160 g/mol. The van der Waals surface area contributed by atoms with Crippen LogP contribution in [0.3, 0.4) is 0 Å². The van der Waals surface area contributed by atoms with Crippen LogP contribution in [0, 0.1) is 6.92 Å². The van der Waals surface area contributed by atoms with Crippen LogP contribution in [-0.4, -0.2) is 5.78 Å². The Morgan fingerprint density at radius 2 is 2.08 bits per heavy atom. The van der Waals surface area contributed by atoms with Crippen LogP contribution in [0.15, 0.2) is 30.8 Å². The number of allylic oxidation sites excluding steroid dienone is 1. The van der Waals surface area contributed by atoms with Gasteiger partial charge in [0.1, 0.15) is 0 Å². The van der Waals surface area contributed by atoms with Crippen molar-refractivity contribution in [2.75, 3.05) is 0 Å². The Bertz CT molecular complexity index is 324. The molecule has 0 aliphatic carbocycles. The molecule has 1 nitrogen and oxygen atoms in total. The van der Waals surface area contributed by atoms with E-state index in [9.17, 15) is 4.79 Å². The van der Waals surface area contributed by atoms with E-state index in [-0.39, 0.29) is 5.78 Å². The van der Waals surface area contributed by atoms with E-state index in [1.165, 1.54) is 6.92 Å². The Morgan fingerprint density at radius 1 is 1.42 bits per heavy atom. The summed E-state index contributed by atoms with van der Waals surface area (Å²) in [4.78, 5) is 11.0. The predicted octanol–water partition coefficient (Wildman–Crippen LogP) is 2.60. The summed E-state index contributed by atoms with van der Waals surface area (Å²) in [7, 11) is 0. The zero-order chi connectivity index (χ0) is 9.14. The van der Waals surface area contributed by atoms with Crippen molar-refractivity contribution in [1.82, 2.24) is 0 Å². The molecule has 0 atom stereocenters. The number of carbonyl (C=O) groups excluding carboxylic acids is 1. The van der Waals surface area contributed by atoms with E-state index in [0.29, 0.717) is 5.57 Å². The first-order chi connectivity index (χ1) is 5.61. The standard InChI is InChI=1S/C11H12O/c1-8-5-4-6-11(7-8)9(2)10(3)12/h4-7H,2H2,1,3H3. The normalized spacial score (nSPS) is 9.50. The number of hydrogen-bond acceptors (Lipinski definition) is 1. The molecule has 0 spiro atoms. The van der Waals surface area contributed by atoms with Gasteiger partial charge in [-0.1, -0.05) is 36.4 Å². The van der Waals surface area contributed by atoms with Crippen molar-refractivity contribution in [3.05, 3.63) is 42.0 Å². The highest BCUT2D eigenvalue weighted by molar-refractivity contribution is 6.18. The van der Waals surface area contributed by atoms with Crippen molar-refractivity contribution >= 4 is 11.4 Å². The Balaban J connectivity index is 3.04. The maximum atomic E-state index is 11.0. The molecule has 1 aromatic rings. The van der Waals surface area contributed by atoms with Crippen molar-refractivity contribution < 1.29 is 4.79 Å². The van der Waals surface area contributed by atoms with Gasteiger partial charge in [-0.25, -0.2) is 0 Å². The van der Waals surface area contributed by atoms with Crippen LogP contribution >= 0.6 is 0 Å². The molecule has 0 heterocycles. The molecule has 0 aromatic heterocycles. The molecule has 12 heavy (non-hydrogen) atoms. The number of aryl methyl sites for hydroxylation is 1. The van der Waals surface area contributed by atoms with Crippen molar-refractivity contribution in [2.24, 2.45) is 0 Å². The van der Waals surface area contributed by atoms with Crippen LogP contribution < -0.4 is 0 Å². The molecular formula is C11H12O. The van der Waals surface area contributed by atoms with Crippen molar-refractivity contribution in [2.45, 2.75) is 13.8 Å². The predicted molar refractivity (Wildman–Crippen MR) is 50.9 cm³/mol. The van der Waals surface area contributed by atoms with Crippen molar-refractivity contribution in [1.29, 1.82) is 0 Å². The largest absolute Gasteiger partial charge is 0.295 e. The molecule has 0 radical (unpaired) electrons. The van der Waals surface area contributed by atoms with E-state index in [4.69, 9.17) is 0 Å². The molecule has 1 aromatic carbocycles. The molecule has 0 unspecified atom stereocenters. The zero-order valence-electron chi connectivity index (χ0n) is 7.42. The fourth-order valence-electron chi connectivity index (χ4n) is 1.04. The Hall–Kier alpha value is -1.37. The van der Waals surface area contributed by atoms with Crippen LogP contribution in [-0.2, 0) is 4.79 Å². The highest BCUT2D eigenvalue weighted by atomic mass is 16.1. The van der Waals surface area contributed by atoms with E-state index >= 15 is 0 Å². The number of benzene rings is 1. The smallest absolute Gasteiger partial charge is 0.159 e. The minimum atomic E-state index is 0.0283. The zero-order valence-corrected chi connectivity index (χ0v) is 7.42. The van der Waals surface area contributed by atoms with Gasteiger partial charge >= 0.3 is 0 Å². The van der Waals surface area contributed by atoms with Gasteiger partial charge in [0.05, 0.1) is 0 Å². The molecule has 0 N–H and O–H groups in total. The van der Waals surface area contributed by atoms with E-state index in [2.05, 4.69) is 6.58 Å². The van der Waals surface area contributed by atoms with Gasteiger partial charge in [-0.3, -0.25) is 4.79 Å². The summed E-state index contributed by atoms with van der Waals surface area (Å²) in [5.41, 5.74) is 2.65. The second-order valence-corrected chi connectivity index (χ2v) is 2.90. The lowest BCUT2D eigenvalue weighted by Crippen LogP contribution is -1.93. The summed E-state index contributed by atoms with van der Waals surface area (Å²) < 4.78 is 0. The lowest BCUT2D eigenvalue weighted by atomic mass is 10.0. The minimum absolute atomic E-state index is 0.0283. The quantitative estimate of drug-likeness (QED) is 0.608. The average molecular weight is 160 g/mol. The molecule has 1 heteroatoms. The van der Waals surface area contributed by atoms with Gasteiger partial charge in [0.25, 0.3) is 0 Å². The van der Waals surface area contributed by atoms with Gasteiger partial charge in [0.2, 0.25) is 0 Å². The molecule has 0 amide bonds. The van der Waals surface area contributed by atoms with E-state index < -0.39 is 0 Å². The summed E-state index contributed by atoms with van der Waals surface area (Å²) in [5.74, 6) is 0.0283. The summed E-state index contributed by atoms with van der Waals surface area (Å²) in [5, 5.41) is 0. The maximum absolute atomic E-state index is 11.0. The van der Waals surface area contributed by atoms with Gasteiger partial charge in [0.15, 0.2) is 5.78 Å². The van der Waals surface area contributed by atoms with Crippen LogP contribution in [0.1, 0.15) is 18.1 Å². The SMILES string of the molecule is C=C(C(C)=O)c1cccc(C)c1. The summed E-state index contributed by atoms with van der Waals surface area (Å²) in [6.07, 6.45) is 0. The van der Waals surface area contributed by atoms with Crippen LogP contribution in [0.5, 0.6) is 0 Å². The van der Waals surface area contributed by atoms with E-state index in [0.717, 1.165) is 11.1 Å². The number of rotatable bonds is 2. The Morgan fingerprint density at radius 3 is 2.58 bits per heavy atom. The van der Waals surface area contributed by atoms with Crippen molar-refractivity contribution in [3.8, 4) is 0 Å². The van der Waals surface area contributed by atoms with Crippen LogP contribution in [0.4, 0.5) is 0 Å². The third-order valence-electron chi connectivity index (χ3n) is 1.79. The topological polar surface area (TPSA) is 17.1 Å². The Kier molecular flexibility index (Phi) is 2.44. The van der Waals surface area contributed by atoms with Gasteiger partial charge in [0, 0.05) is 5.57 Å². The fraction of sp³-hybridized carbons (Fsp3) is 0.182. The maximum Gasteiger partial charge on any atom is 0.159 e. The van der Waals surface area contributed by atoms with Gasteiger partial charge in [-0.2, -0.15) is 0 Å². The fourth-order valence-corrected chi connectivity index (χ4v) is 1.04. The van der Waals surface area contributed by atoms with E-state index in [1.807, 2.05) is 31.2 Å². The van der Waals surface area contributed by atoms with Gasteiger partial charge in [-0.15, -0.1) is 0 Å². The highest BCUT2D eigenvalue weighted by Gasteiger charge is 2.02. The molecule has 62 valence electrons. The summed E-state index contributed by atoms with van der Waals surface area (Å²) >= 11 is 0. The number of ketones is 1. The van der Waals surface area contributed by atoms with E-state index in [1.54, 1.807) is 0 Å². The molecule has 0 saturated heterocycles. The summed E-state index contributed by atoms with van der Waals surface area (Å²) in [6, 6.07) is 7.79. The van der Waals surface area contributed by atoms with Crippen LogP contribution in [0.2, 0.25) is 0 Å². The van der Waals surface area contributed by atoms with Crippen LogP contribution in [0.25, 0.3) is 5.57 Å². The molecule has 0 saturated carbocycles. The lowest BCUT2D eigenvalue weighted by molar-refractivity contribution is -0.111. The molecule has 0 aliphatic heterocycles. The Labute approximate surface area is 72.7 Å². The third kappa shape index (κ3) is 1.82. The second kappa shape index (κ2) is 3.35. The third-order valence-corrected chi connectivity index (χ3v) is 1.79. The second-order valence-electron chi connectivity index (χ2n) is 2.90. The molecule has 0 fully saturated rings. The van der Waals surface area contributed by atoms with Crippen molar-refractivity contribution in [3.63, 3.8) is 0 Å². The lowest BCUT2D eigenvalue weighted by Gasteiger charge is -2.01. The first-order valence-electron chi connectivity index (χ1n) is 3.88. The first-order valence-corrected chi connectivity index (χ1v) is 3.88. The number of carbonyl (C=O) groups is 1. The highest BCUT2D eigenvalue weighted by Crippen LogP contribution is 2.14.